The van der Waals surface area contributed by atoms with Crippen LogP contribution < -0.4 is 24.3 Å². The van der Waals surface area contributed by atoms with E-state index in [9.17, 15) is 9.90 Å². The number of nitrogens with one attached hydrogen (secondary N) is 1. The molecule has 1 amide bonds. The average molecular weight is 544 g/mol. The van der Waals surface area contributed by atoms with Gasteiger partial charge < -0.3 is 29.4 Å². The molecular formula is C33H35NO6. The first-order valence-electron chi connectivity index (χ1n) is 13.9. The third-order valence-electron chi connectivity index (χ3n) is 6.26. The van der Waals surface area contributed by atoms with Gasteiger partial charge in [-0.25, -0.2) is 0 Å². The summed E-state index contributed by atoms with van der Waals surface area (Å²) in [6, 6.07) is 27.8. The molecule has 208 valence electrons. The Bertz CT molecular complexity index is 1460. The second kappa shape index (κ2) is 14.6. The zero-order valence-electron chi connectivity index (χ0n) is 24.7. The van der Waals surface area contributed by atoms with E-state index in [2.05, 4.69) is 5.32 Å². The summed E-state index contributed by atoms with van der Waals surface area (Å²) in [5.41, 5.74) is 3.50. The number of aryl methyl sites for hydroxylation is 1. The maximum atomic E-state index is 13.0. The van der Waals surface area contributed by atoms with Crippen molar-refractivity contribution in [3.8, 4) is 23.0 Å². The summed E-state index contributed by atoms with van der Waals surface area (Å²) >= 11 is 0. The maximum absolute atomic E-state index is 13.0. The lowest BCUT2D eigenvalue weighted by atomic mass is 10.0. The monoisotopic (exact) mass is 543 g/mol. The second-order valence-electron chi connectivity index (χ2n) is 9.01. The van der Waals surface area contributed by atoms with Crippen LogP contribution in [0.15, 0.2) is 91.0 Å². The SMILES string of the molecule is [2H]C([2H])(Cc1ccc(OCc2ccccc2)c(OC)c1)NC(=O)Cc1ccc(OC)c(OCc2ccccc2)c1CO. The van der Waals surface area contributed by atoms with Crippen molar-refractivity contribution in [3.63, 3.8) is 0 Å². The van der Waals surface area contributed by atoms with E-state index in [1.165, 1.54) is 14.2 Å². The second-order valence-corrected chi connectivity index (χ2v) is 9.01. The molecule has 0 saturated heterocycles. The number of hydrogen-bond donors (Lipinski definition) is 2. The molecule has 0 heterocycles. The maximum Gasteiger partial charge on any atom is 0.224 e. The molecule has 0 aliphatic carbocycles. The third-order valence-corrected chi connectivity index (χ3v) is 6.26. The first-order valence-corrected chi connectivity index (χ1v) is 12.9. The standard InChI is InChI=1S/C33H35NO6/c1-37-30-16-14-27(28(21-35)33(30)40-23-26-11-7-4-8-12-26)20-32(36)34-18-17-24-13-15-29(31(19-24)38-2)39-22-25-9-5-3-6-10-25/h3-16,19,35H,17-18,20-23H2,1-2H3,(H,34,36)/i18D2. The summed E-state index contributed by atoms with van der Waals surface area (Å²) in [5, 5.41) is 12.6. The highest BCUT2D eigenvalue weighted by Crippen LogP contribution is 2.35. The van der Waals surface area contributed by atoms with Gasteiger partial charge in [-0.3, -0.25) is 4.79 Å². The van der Waals surface area contributed by atoms with Crippen LogP contribution in [0.25, 0.3) is 0 Å². The number of aliphatic hydroxyl groups excluding tert-OH is 1. The fourth-order valence-corrected chi connectivity index (χ4v) is 4.17. The molecule has 0 radical (unpaired) electrons. The molecule has 7 heteroatoms. The highest BCUT2D eigenvalue weighted by atomic mass is 16.5. The van der Waals surface area contributed by atoms with Crippen molar-refractivity contribution >= 4 is 5.91 Å². The van der Waals surface area contributed by atoms with Gasteiger partial charge in [0.25, 0.3) is 0 Å². The van der Waals surface area contributed by atoms with Crippen molar-refractivity contribution < 1.29 is 31.6 Å². The molecule has 4 rings (SSSR count). The molecule has 0 bridgehead atoms. The lowest BCUT2D eigenvalue weighted by molar-refractivity contribution is -0.120. The van der Waals surface area contributed by atoms with Crippen LogP contribution in [0, 0.1) is 0 Å². The lowest BCUT2D eigenvalue weighted by Gasteiger charge is -2.17. The summed E-state index contributed by atoms with van der Waals surface area (Å²) in [6.45, 7) is -1.81. The van der Waals surface area contributed by atoms with Gasteiger partial charge in [-0.15, -0.1) is 0 Å². The minimum Gasteiger partial charge on any atom is -0.493 e. The molecule has 0 unspecified atom stereocenters. The number of benzene rings is 4. The molecule has 0 atom stereocenters. The molecule has 7 nitrogen and oxygen atoms in total. The van der Waals surface area contributed by atoms with Crippen LogP contribution in [0.3, 0.4) is 0 Å². The van der Waals surface area contributed by atoms with Gasteiger partial charge >= 0.3 is 0 Å². The van der Waals surface area contributed by atoms with Crippen molar-refractivity contribution in [2.24, 2.45) is 0 Å². The minimum absolute atomic E-state index is 0.0883. The zero-order chi connectivity index (χ0) is 30.0. The number of methoxy groups -OCH3 is 2. The highest BCUT2D eigenvalue weighted by Gasteiger charge is 2.17. The first kappa shape index (κ1) is 25.8. The number of ether oxygens (including phenoxy) is 4. The quantitative estimate of drug-likeness (QED) is 0.226. The Kier molecular flexibility index (Phi) is 9.41. The van der Waals surface area contributed by atoms with E-state index in [-0.39, 0.29) is 26.1 Å². The van der Waals surface area contributed by atoms with E-state index in [4.69, 9.17) is 21.7 Å². The molecule has 0 fully saturated rings. The van der Waals surface area contributed by atoms with E-state index in [0.717, 1.165) is 11.1 Å². The summed E-state index contributed by atoms with van der Waals surface area (Å²) in [6.07, 6.45) is -0.244. The van der Waals surface area contributed by atoms with Crippen molar-refractivity contribution in [2.75, 3.05) is 20.7 Å². The van der Waals surface area contributed by atoms with Gasteiger partial charge in [-0.2, -0.15) is 0 Å². The minimum atomic E-state index is -2.05. The Hall–Kier alpha value is -4.49. The molecule has 0 saturated carbocycles. The van der Waals surface area contributed by atoms with Gasteiger partial charge in [-0.05, 0) is 46.9 Å². The van der Waals surface area contributed by atoms with Crippen LogP contribution >= 0.6 is 0 Å². The molecule has 0 aliphatic rings. The van der Waals surface area contributed by atoms with E-state index >= 15 is 0 Å². The van der Waals surface area contributed by atoms with Crippen molar-refractivity contribution in [3.05, 3.63) is 119 Å². The van der Waals surface area contributed by atoms with Crippen LogP contribution in [-0.2, 0) is 37.5 Å². The predicted molar refractivity (Wildman–Crippen MR) is 154 cm³/mol. The average Bonchev–Trinajstić information content (AvgIpc) is 2.99. The lowest BCUT2D eigenvalue weighted by Crippen LogP contribution is -2.27. The number of aliphatic hydroxyl groups is 1. The van der Waals surface area contributed by atoms with Gasteiger partial charge in [-0.1, -0.05) is 72.8 Å². The summed E-state index contributed by atoms with van der Waals surface area (Å²) in [4.78, 5) is 13.0. The molecule has 0 aliphatic heterocycles. The highest BCUT2D eigenvalue weighted by molar-refractivity contribution is 5.79. The van der Waals surface area contributed by atoms with Gasteiger partial charge in [0.1, 0.15) is 13.2 Å². The van der Waals surface area contributed by atoms with E-state index in [1.54, 1.807) is 30.3 Å². The number of hydrogen-bond acceptors (Lipinski definition) is 6. The van der Waals surface area contributed by atoms with Gasteiger partial charge in [0.2, 0.25) is 5.91 Å². The fraction of sp³-hybridized carbons (Fsp3) is 0.242. The van der Waals surface area contributed by atoms with Gasteiger partial charge in [0.15, 0.2) is 23.0 Å². The number of carbonyl (C=O) groups is 1. The Morgan fingerprint density at radius 2 is 1.40 bits per heavy atom. The smallest absolute Gasteiger partial charge is 0.224 e. The van der Waals surface area contributed by atoms with E-state index in [1.807, 2.05) is 60.7 Å². The van der Waals surface area contributed by atoms with Crippen LogP contribution in [0.1, 0.15) is 30.6 Å². The van der Waals surface area contributed by atoms with Crippen molar-refractivity contribution in [1.29, 1.82) is 0 Å². The largest absolute Gasteiger partial charge is 0.493 e. The van der Waals surface area contributed by atoms with Crippen LogP contribution in [-0.4, -0.2) is 31.7 Å². The zero-order valence-corrected chi connectivity index (χ0v) is 22.7. The first-order chi connectivity index (χ1) is 20.3. The Morgan fingerprint density at radius 1 is 0.775 bits per heavy atom. The van der Waals surface area contributed by atoms with Crippen molar-refractivity contribution in [2.45, 2.75) is 32.7 Å². The summed E-state index contributed by atoms with van der Waals surface area (Å²) in [5.74, 6) is 1.25. The molecule has 0 spiro atoms. The van der Waals surface area contributed by atoms with Crippen LogP contribution in [0.5, 0.6) is 23.0 Å². The van der Waals surface area contributed by atoms with Gasteiger partial charge in [0.05, 0.1) is 27.2 Å². The third kappa shape index (κ3) is 7.77. The van der Waals surface area contributed by atoms with E-state index < -0.39 is 12.4 Å². The summed E-state index contributed by atoms with van der Waals surface area (Å²) < 4.78 is 39.7. The predicted octanol–water partition coefficient (Wildman–Crippen LogP) is 5.26. The number of amides is 1. The fourth-order valence-electron chi connectivity index (χ4n) is 4.17. The van der Waals surface area contributed by atoms with Crippen LogP contribution in [0.4, 0.5) is 0 Å². The molecule has 40 heavy (non-hydrogen) atoms. The van der Waals surface area contributed by atoms with Crippen molar-refractivity contribution in [1.82, 2.24) is 5.32 Å². The van der Waals surface area contributed by atoms with E-state index in [0.29, 0.717) is 46.3 Å². The topological polar surface area (TPSA) is 86.3 Å². The molecule has 4 aromatic carbocycles. The van der Waals surface area contributed by atoms with Gasteiger partial charge in [0, 0.05) is 14.8 Å². The Labute approximate surface area is 238 Å². The molecular weight excluding hydrogens is 506 g/mol. The summed E-state index contributed by atoms with van der Waals surface area (Å²) in [7, 11) is 3.03. The molecule has 4 aromatic rings. The Balaban J connectivity index is 1.41. The Morgan fingerprint density at radius 3 is 2.02 bits per heavy atom. The number of rotatable bonds is 14. The number of carbonyl (C=O) groups excluding carboxylic acids is 1. The molecule has 2 N–H and O–H groups in total. The van der Waals surface area contributed by atoms with Crippen LogP contribution in [0.2, 0.25) is 0 Å². The normalized spacial score (nSPS) is 11.7. The molecule has 0 aromatic heterocycles.